The molecule has 27 heavy (non-hydrogen) atoms. The smallest absolute Gasteiger partial charge is 0.190 e. The van der Waals surface area contributed by atoms with Crippen molar-refractivity contribution in [2.24, 2.45) is 10.9 Å². The number of pyridine rings is 1. The van der Waals surface area contributed by atoms with E-state index in [-0.39, 0.29) is 24.0 Å². The molecule has 1 atom stereocenters. The monoisotopic (exact) mass is 487 g/mol. The molecule has 0 bridgehead atoms. The van der Waals surface area contributed by atoms with Crippen LogP contribution in [0, 0.1) is 5.92 Å². The molecule has 1 fully saturated rings. The highest BCUT2D eigenvalue weighted by molar-refractivity contribution is 14.0. The van der Waals surface area contributed by atoms with Crippen molar-refractivity contribution in [1.29, 1.82) is 0 Å². The van der Waals surface area contributed by atoms with Crippen LogP contribution in [0.15, 0.2) is 35.6 Å². The van der Waals surface area contributed by atoms with Crippen molar-refractivity contribution in [3.63, 3.8) is 0 Å². The average Bonchev–Trinajstić information content (AvgIpc) is 3.32. The van der Waals surface area contributed by atoms with E-state index in [0.29, 0.717) is 5.92 Å². The third-order valence-corrected chi connectivity index (χ3v) is 4.45. The van der Waals surface area contributed by atoms with Gasteiger partial charge in [-0.3, -0.25) is 4.99 Å². The lowest BCUT2D eigenvalue weighted by Gasteiger charge is -2.12. The van der Waals surface area contributed by atoms with Gasteiger partial charge in [-0.25, -0.2) is 4.98 Å². The molecular weight excluding hydrogens is 457 g/mol. The molecule has 0 radical (unpaired) electrons. The number of rotatable bonds is 9. The molecular formula is C19H30IN5O2. The lowest BCUT2D eigenvalue weighted by Crippen LogP contribution is -2.39. The van der Waals surface area contributed by atoms with E-state index in [1.807, 2.05) is 28.8 Å². The Bertz CT molecular complexity index is 667. The maximum atomic E-state index is 5.71. The van der Waals surface area contributed by atoms with Gasteiger partial charge in [-0.2, -0.15) is 0 Å². The molecule has 2 aromatic heterocycles. The number of imidazole rings is 1. The second kappa shape index (κ2) is 12.1. The second-order valence-electron chi connectivity index (χ2n) is 6.53. The van der Waals surface area contributed by atoms with Gasteiger partial charge in [0.1, 0.15) is 5.65 Å². The van der Waals surface area contributed by atoms with Crippen LogP contribution >= 0.6 is 24.0 Å². The number of hydrogen-bond acceptors (Lipinski definition) is 4. The van der Waals surface area contributed by atoms with Gasteiger partial charge < -0.3 is 24.5 Å². The van der Waals surface area contributed by atoms with Gasteiger partial charge in [0.25, 0.3) is 0 Å². The number of aromatic nitrogens is 2. The van der Waals surface area contributed by atoms with Crippen LogP contribution in [-0.4, -0.2) is 61.9 Å². The molecule has 2 aromatic rings. The number of ether oxygens (including phenoxy) is 2. The van der Waals surface area contributed by atoms with Crippen LogP contribution in [0.1, 0.15) is 18.5 Å². The third kappa shape index (κ3) is 7.27. The summed E-state index contributed by atoms with van der Waals surface area (Å²) in [6, 6.07) is 6.02. The van der Waals surface area contributed by atoms with E-state index in [1.54, 1.807) is 7.05 Å². The van der Waals surface area contributed by atoms with Gasteiger partial charge in [0, 0.05) is 58.1 Å². The molecule has 150 valence electrons. The fourth-order valence-electron chi connectivity index (χ4n) is 2.98. The number of halogens is 1. The molecule has 2 N–H and O–H groups in total. The molecule has 1 saturated heterocycles. The first kappa shape index (κ1) is 21.9. The van der Waals surface area contributed by atoms with Crippen LogP contribution in [0.4, 0.5) is 0 Å². The van der Waals surface area contributed by atoms with Gasteiger partial charge in [-0.05, 0) is 25.0 Å². The molecule has 0 amide bonds. The summed E-state index contributed by atoms with van der Waals surface area (Å²) in [5.74, 6) is 1.40. The van der Waals surface area contributed by atoms with E-state index < -0.39 is 0 Å². The van der Waals surface area contributed by atoms with Crippen molar-refractivity contribution in [3.8, 4) is 0 Å². The number of aliphatic imine (C=N–C) groups is 1. The zero-order valence-corrected chi connectivity index (χ0v) is 18.2. The van der Waals surface area contributed by atoms with E-state index in [1.165, 1.54) is 0 Å². The maximum Gasteiger partial charge on any atom is 0.190 e. The van der Waals surface area contributed by atoms with Crippen LogP contribution in [0.3, 0.4) is 0 Å². The zero-order valence-electron chi connectivity index (χ0n) is 15.9. The standard InChI is InChI=1S/C19H29N5O2.HI/c1-20-19(21-8-4-11-25-14-16-7-12-26-15-16)22-9-6-17-13-24-10-3-2-5-18(24)23-17;/h2-3,5,10,13,16H,4,6-9,11-12,14-15H2,1H3,(H2,20,21,22);1H. The predicted octanol–water partition coefficient (Wildman–Crippen LogP) is 2.10. The minimum absolute atomic E-state index is 0. The molecule has 1 aliphatic heterocycles. The summed E-state index contributed by atoms with van der Waals surface area (Å²) in [5.41, 5.74) is 2.05. The van der Waals surface area contributed by atoms with Gasteiger partial charge in [-0.1, -0.05) is 6.07 Å². The summed E-state index contributed by atoms with van der Waals surface area (Å²) < 4.78 is 13.1. The minimum atomic E-state index is 0. The zero-order chi connectivity index (χ0) is 18.0. The molecule has 3 rings (SSSR count). The highest BCUT2D eigenvalue weighted by Crippen LogP contribution is 2.12. The summed E-state index contributed by atoms with van der Waals surface area (Å²) >= 11 is 0. The Morgan fingerprint density at radius 3 is 3.04 bits per heavy atom. The van der Waals surface area contributed by atoms with Gasteiger partial charge in [-0.15, -0.1) is 24.0 Å². The Labute approximate surface area is 178 Å². The maximum absolute atomic E-state index is 5.71. The number of guanidine groups is 1. The number of nitrogens with zero attached hydrogens (tertiary/aromatic N) is 3. The molecule has 7 nitrogen and oxygen atoms in total. The Kier molecular flexibility index (Phi) is 9.85. The summed E-state index contributed by atoms with van der Waals surface area (Å²) in [6.07, 6.45) is 7.03. The summed E-state index contributed by atoms with van der Waals surface area (Å²) in [6.45, 7) is 4.94. The summed E-state index contributed by atoms with van der Waals surface area (Å²) in [5, 5.41) is 6.65. The van der Waals surface area contributed by atoms with Gasteiger partial charge >= 0.3 is 0 Å². The SMILES string of the molecule is CN=C(NCCCOCC1CCOC1)NCCc1cn2ccccc2n1.I. The van der Waals surface area contributed by atoms with Crippen molar-refractivity contribution in [1.82, 2.24) is 20.0 Å². The van der Waals surface area contributed by atoms with Crippen molar-refractivity contribution >= 4 is 35.6 Å². The first-order valence-electron chi connectivity index (χ1n) is 9.38. The van der Waals surface area contributed by atoms with Crippen LogP contribution in [0.5, 0.6) is 0 Å². The largest absolute Gasteiger partial charge is 0.381 e. The highest BCUT2D eigenvalue weighted by Gasteiger charge is 2.15. The first-order chi connectivity index (χ1) is 12.8. The second-order valence-corrected chi connectivity index (χ2v) is 6.53. The Morgan fingerprint density at radius 1 is 1.37 bits per heavy atom. The van der Waals surface area contributed by atoms with Gasteiger partial charge in [0.05, 0.1) is 18.9 Å². The van der Waals surface area contributed by atoms with E-state index in [9.17, 15) is 0 Å². The third-order valence-electron chi connectivity index (χ3n) is 4.45. The number of fused-ring (bicyclic) bond motifs is 1. The van der Waals surface area contributed by atoms with Crippen LogP contribution < -0.4 is 10.6 Å². The topological polar surface area (TPSA) is 72.2 Å². The van der Waals surface area contributed by atoms with Crippen LogP contribution in [0.2, 0.25) is 0 Å². The molecule has 0 saturated carbocycles. The fraction of sp³-hybridized carbons (Fsp3) is 0.579. The minimum Gasteiger partial charge on any atom is -0.381 e. The van der Waals surface area contributed by atoms with Gasteiger partial charge in [0.2, 0.25) is 0 Å². The van der Waals surface area contributed by atoms with Crippen molar-refractivity contribution in [2.75, 3.05) is 46.6 Å². The molecule has 0 aliphatic carbocycles. The number of hydrogen-bond donors (Lipinski definition) is 2. The Balaban J connectivity index is 0.00000261. The van der Waals surface area contributed by atoms with Gasteiger partial charge in [0.15, 0.2) is 5.96 Å². The first-order valence-corrected chi connectivity index (χ1v) is 9.38. The highest BCUT2D eigenvalue weighted by atomic mass is 127. The Morgan fingerprint density at radius 2 is 2.26 bits per heavy atom. The van der Waals surface area contributed by atoms with E-state index in [2.05, 4.69) is 26.8 Å². The molecule has 1 unspecified atom stereocenters. The molecule has 0 spiro atoms. The lowest BCUT2D eigenvalue weighted by atomic mass is 10.1. The normalized spacial score (nSPS) is 17.1. The molecule has 1 aliphatic rings. The lowest BCUT2D eigenvalue weighted by molar-refractivity contribution is 0.0888. The molecule has 8 heteroatoms. The van der Waals surface area contributed by atoms with Crippen LogP contribution in [0.25, 0.3) is 5.65 Å². The van der Waals surface area contributed by atoms with E-state index in [4.69, 9.17) is 9.47 Å². The number of nitrogens with one attached hydrogen (secondary N) is 2. The van der Waals surface area contributed by atoms with E-state index >= 15 is 0 Å². The summed E-state index contributed by atoms with van der Waals surface area (Å²) in [4.78, 5) is 8.86. The van der Waals surface area contributed by atoms with E-state index in [0.717, 1.165) is 76.1 Å². The van der Waals surface area contributed by atoms with Crippen molar-refractivity contribution in [2.45, 2.75) is 19.3 Å². The molecule has 0 aromatic carbocycles. The quantitative estimate of drug-likeness (QED) is 0.246. The van der Waals surface area contributed by atoms with Crippen molar-refractivity contribution < 1.29 is 9.47 Å². The fourth-order valence-corrected chi connectivity index (χ4v) is 2.98. The average molecular weight is 487 g/mol. The molecule has 3 heterocycles. The van der Waals surface area contributed by atoms with Crippen molar-refractivity contribution in [3.05, 3.63) is 36.3 Å². The summed E-state index contributed by atoms with van der Waals surface area (Å²) in [7, 11) is 1.79. The Hall–Kier alpha value is -1.39. The predicted molar refractivity (Wildman–Crippen MR) is 118 cm³/mol. The van der Waals surface area contributed by atoms with Crippen LogP contribution in [-0.2, 0) is 15.9 Å².